The Bertz CT molecular complexity index is 788. The minimum absolute atomic E-state index is 0.0567. The zero-order chi connectivity index (χ0) is 20.8. The van der Waals surface area contributed by atoms with E-state index >= 15 is 0 Å². The molecule has 29 heavy (non-hydrogen) atoms. The smallest absolute Gasteiger partial charge is 0.126 e. The predicted molar refractivity (Wildman–Crippen MR) is 115 cm³/mol. The Labute approximate surface area is 173 Å². The van der Waals surface area contributed by atoms with Crippen LogP contribution in [0.3, 0.4) is 0 Å². The van der Waals surface area contributed by atoms with Crippen LogP contribution in [-0.4, -0.2) is 25.2 Å². The number of rotatable bonds is 9. The minimum atomic E-state index is -0.549. The largest absolute Gasteiger partial charge is 0.325 e. The molecule has 0 radical (unpaired) electrons. The van der Waals surface area contributed by atoms with E-state index in [1.54, 1.807) is 0 Å². The number of benzene rings is 2. The lowest BCUT2D eigenvalue weighted by Crippen LogP contribution is -2.52. The second-order valence-electron chi connectivity index (χ2n) is 8.05. The monoisotopic (exact) mass is 401 g/mol. The lowest BCUT2D eigenvalue weighted by molar-refractivity contribution is 0.378. The molecule has 158 valence electrons. The van der Waals surface area contributed by atoms with Gasteiger partial charge in [0.05, 0.1) is 0 Å². The molecule has 0 aliphatic heterocycles. The highest BCUT2D eigenvalue weighted by atomic mass is 19.1. The van der Waals surface area contributed by atoms with Gasteiger partial charge in [-0.3, -0.25) is 0 Å². The van der Waals surface area contributed by atoms with Crippen LogP contribution in [0.5, 0.6) is 0 Å². The number of fused-ring (bicyclic) bond motifs is 1. The first kappa shape index (κ1) is 21.9. The summed E-state index contributed by atoms with van der Waals surface area (Å²) in [6.45, 7) is 5.60. The molecule has 0 amide bonds. The van der Waals surface area contributed by atoms with Gasteiger partial charge in [-0.2, -0.15) is 0 Å². The quantitative estimate of drug-likeness (QED) is 0.594. The second kappa shape index (κ2) is 10.3. The van der Waals surface area contributed by atoms with Crippen molar-refractivity contribution in [2.24, 2.45) is 5.73 Å². The summed E-state index contributed by atoms with van der Waals surface area (Å²) in [7, 11) is 0. The lowest BCUT2D eigenvalue weighted by Gasteiger charge is -2.31. The van der Waals surface area contributed by atoms with Gasteiger partial charge in [0.15, 0.2) is 0 Å². The lowest BCUT2D eigenvalue weighted by atomic mass is 9.86. The first-order valence-corrected chi connectivity index (χ1v) is 10.8. The third-order valence-corrected chi connectivity index (χ3v) is 5.89. The van der Waals surface area contributed by atoms with Crippen molar-refractivity contribution < 1.29 is 8.78 Å². The van der Waals surface area contributed by atoms with Crippen LogP contribution in [-0.2, 0) is 19.3 Å². The molecule has 0 aromatic heterocycles. The van der Waals surface area contributed by atoms with Crippen molar-refractivity contribution in [3.8, 4) is 0 Å². The summed E-state index contributed by atoms with van der Waals surface area (Å²) in [5.74, 6) is -1.10. The number of likely N-dealkylation sites (N-methyl/N-ethyl adjacent to an activating group) is 1. The highest BCUT2D eigenvalue weighted by Gasteiger charge is 2.23. The fourth-order valence-electron chi connectivity index (χ4n) is 4.32. The summed E-state index contributed by atoms with van der Waals surface area (Å²) >= 11 is 0. The normalized spacial score (nSPS) is 18.3. The Hall–Kier alpha value is -1.82. The number of hydrogen-bond donors (Lipinski definition) is 3. The van der Waals surface area contributed by atoms with Crippen molar-refractivity contribution in [1.82, 2.24) is 10.6 Å². The highest BCUT2D eigenvalue weighted by Crippen LogP contribution is 2.30. The summed E-state index contributed by atoms with van der Waals surface area (Å²) in [4.78, 5) is 0. The summed E-state index contributed by atoms with van der Waals surface area (Å²) in [5.41, 5.74) is 11.3. The molecule has 3 atom stereocenters. The van der Waals surface area contributed by atoms with E-state index in [1.165, 1.54) is 35.2 Å². The van der Waals surface area contributed by atoms with Gasteiger partial charge in [0.25, 0.3) is 0 Å². The average Bonchev–Trinajstić information content (AvgIpc) is 2.70. The molecule has 2 aromatic rings. The van der Waals surface area contributed by atoms with Gasteiger partial charge >= 0.3 is 0 Å². The molecule has 4 N–H and O–H groups in total. The number of nitrogens with one attached hydrogen (secondary N) is 2. The molecule has 0 fully saturated rings. The first-order chi connectivity index (χ1) is 14.0. The molecule has 0 heterocycles. The van der Waals surface area contributed by atoms with E-state index < -0.39 is 11.6 Å². The Morgan fingerprint density at radius 3 is 2.52 bits per heavy atom. The maximum atomic E-state index is 13.6. The SMILES string of the molecule is CCN[C@@H](Cc1cc(F)cc(F)c1)C(N)CNC1CCCc2ccc(CC)cc21. The van der Waals surface area contributed by atoms with Crippen molar-refractivity contribution in [2.75, 3.05) is 13.1 Å². The van der Waals surface area contributed by atoms with Gasteiger partial charge in [0, 0.05) is 30.7 Å². The van der Waals surface area contributed by atoms with Crippen LogP contribution in [0.1, 0.15) is 55.0 Å². The fourth-order valence-corrected chi connectivity index (χ4v) is 4.32. The summed E-state index contributed by atoms with van der Waals surface area (Å²) in [6, 6.07) is 10.6. The van der Waals surface area contributed by atoms with Crippen LogP contribution < -0.4 is 16.4 Å². The molecule has 1 aliphatic carbocycles. The Morgan fingerprint density at radius 2 is 1.83 bits per heavy atom. The number of aryl methyl sites for hydroxylation is 2. The Kier molecular flexibility index (Phi) is 7.76. The van der Waals surface area contributed by atoms with Gasteiger partial charge in [-0.25, -0.2) is 8.78 Å². The average molecular weight is 402 g/mol. The highest BCUT2D eigenvalue weighted by molar-refractivity contribution is 5.36. The molecule has 0 saturated carbocycles. The minimum Gasteiger partial charge on any atom is -0.325 e. The molecular formula is C24H33F2N3. The molecule has 0 bridgehead atoms. The van der Waals surface area contributed by atoms with E-state index in [9.17, 15) is 8.78 Å². The summed E-state index contributed by atoms with van der Waals surface area (Å²) in [5, 5.41) is 7.05. The van der Waals surface area contributed by atoms with Gasteiger partial charge in [-0.15, -0.1) is 0 Å². The van der Waals surface area contributed by atoms with Crippen molar-refractivity contribution in [2.45, 2.75) is 64.1 Å². The van der Waals surface area contributed by atoms with Gasteiger partial charge < -0.3 is 16.4 Å². The van der Waals surface area contributed by atoms with E-state index in [-0.39, 0.29) is 12.1 Å². The number of hydrogen-bond acceptors (Lipinski definition) is 3. The zero-order valence-corrected chi connectivity index (χ0v) is 17.5. The van der Waals surface area contributed by atoms with Crippen molar-refractivity contribution in [3.05, 3.63) is 70.3 Å². The second-order valence-corrected chi connectivity index (χ2v) is 8.05. The van der Waals surface area contributed by atoms with Gasteiger partial charge in [-0.1, -0.05) is 32.0 Å². The standard InChI is InChI=1S/C24H33F2N3/c1-3-16-8-9-18-6-5-7-23(21(18)12-16)29-15-22(27)24(28-4-2)13-17-10-19(25)14-20(26)11-17/h8-12,14,22-24,28-29H,3-7,13,15,27H2,1-2H3/t22?,23?,24-/m0/s1. The van der Waals surface area contributed by atoms with E-state index in [4.69, 9.17) is 5.73 Å². The van der Waals surface area contributed by atoms with E-state index in [2.05, 4.69) is 35.8 Å². The molecule has 3 rings (SSSR count). The Balaban J connectivity index is 1.66. The van der Waals surface area contributed by atoms with E-state index in [0.29, 0.717) is 24.6 Å². The number of halogens is 2. The van der Waals surface area contributed by atoms with Gasteiger partial charge in [0.2, 0.25) is 0 Å². The van der Waals surface area contributed by atoms with Crippen LogP contribution in [0.15, 0.2) is 36.4 Å². The predicted octanol–water partition coefficient (Wildman–Crippen LogP) is 4.04. The fraction of sp³-hybridized carbons (Fsp3) is 0.500. The third kappa shape index (κ3) is 5.84. The topological polar surface area (TPSA) is 50.1 Å². The molecular weight excluding hydrogens is 368 g/mol. The van der Waals surface area contributed by atoms with Crippen LogP contribution in [0.2, 0.25) is 0 Å². The van der Waals surface area contributed by atoms with Gasteiger partial charge in [0.1, 0.15) is 11.6 Å². The van der Waals surface area contributed by atoms with E-state index in [1.807, 2.05) is 6.92 Å². The number of nitrogens with two attached hydrogens (primary N) is 1. The Morgan fingerprint density at radius 1 is 1.07 bits per heavy atom. The molecule has 3 nitrogen and oxygen atoms in total. The third-order valence-electron chi connectivity index (χ3n) is 5.89. The maximum Gasteiger partial charge on any atom is 0.126 e. The molecule has 2 unspecified atom stereocenters. The van der Waals surface area contributed by atoms with Crippen LogP contribution in [0, 0.1) is 11.6 Å². The zero-order valence-electron chi connectivity index (χ0n) is 17.5. The van der Waals surface area contributed by atoms with Crippen molar-refractivity contribution in [1.29, 1.82) is 0 Å². The molecule has 1 aliphatic rings. The van der Waals surface area contributed by atoms with Gasteiger partial charge in [-0.05, 0) is 73.0 Å². The van der Waals surface area contributed by atoms with Crippen LogP contribution in [0.25, 0.3) is 0 Å². The van der Waals surface area contributed by atoms with Crippen LogP contribution in [0.4, 0.5) is 8.78 Å². The summed E-state index contributed by atoms with van der Waals surface area (Å²) in [6.07, 6.45) is 4.94. The van der Waals surface area contributed by atoms with Crippen molar-refractivity contribution in [3.63, 3.8) is 0 Å². The van der Waals surface area contributed by atoms with Crippen molar-refractivity contribution >= 4 is 0 Å². The maximum absolute atomic E-state index is 13.6. The molecule has 5 heteroatoms. The molecule has 0 saturated heterocycles. The molecule has 2 aromatic carbocycles. The molecule has 0 spiro atoms. The van der Waals surface area contributed by atoms with E-state index in [0.717, 1.165) is 31.9 Å². The summed E-state index contributed by atoms with van der Waals surface area (Å²) < 4.78 is 27.1. The van der Waals surface area contributed by atoms with Crippen LogP contribution >= 0.6 is 0 Å². The first-order valence-electron chi connectivity index (χ1n) is 10.8.